The van der Waals surface area contributed by atoms with Crippen molar-refractivity contribution in [2.75, 3.05) is 0 Å². The molecule has 3 heteroatoms. The molecule has 1 aliphatic rings. The van der Waals surface area contributed by atoms with E-state index in [2.05, 4.69) is 0 Å². The summed E-state index contributed by atoms with van der Waals surface area (Å²) < 4.78 is 0. The van der Waals surface area contributed by atoms with Crippen molar-refractivity contribution in [3.05, 3.63) is 0 Å². The summed E-state index contributed by atoms with van der Waals surface area (Å²) in [6.07, 6.45) is 0.995. The van der Waals surface area contributed by atoms with Crippen molar-refractivity contribution in [2.45, 2.75) is 37.5 Å². The van der Waals surface area contributed by atoms with E-state index in [1.807, 2.05) is 0 Å². The molecule has 1 fully saturated rings. The maximum Gasteiger partial charge on any atom is 0.0579 e. The molecule has 4 N–H and O–H groups in total. The molecule has 1 aliphatic carbocycles. The van der Waals surface area contributed by atoms with Gasteiger partial charge in [-0.15, -0.1) is 0 Å². The molecular weight excluding hydrogens is 118 g/mol. The van der Waals surface area contributed by atoms with Crippen LogP contribution in [0, 0.1) is 0 Å². The molecule has 0 saturated heterocycles. The average Bonchev–Trinajstić information content (AvgIpc) is 1.59. The van der Waals surface area contributed by atoms with Gasteiger partial charge in [0.1, 0.15) is 0 Å². The van der Waals surface area contributed by atoms with Crippen molar-refractivity contribution >= 4 is 0 Å². The highest BCUT2D eigenvalue weighted by molar-refractivity contribution is 4.79. The lowest BCUT2D eigenvalue weighted by Gasteiger charge is -2.26. The van der Waals surface area contributed by atoms with Crippen LogP contribution in [0.4, 0.5) is 0 Å². The molecule has 0 aliphatic heterocycles. The van der Waals surface area contributed by atoms with Crippen LogP contribution in [0.25, 0.3) is 0 Å². The molecule has 1 unspecified atom stereocenters. The predicted molar refractivity (Wildman–Crippen MR) is 33.8 cm³/mol. The average molecular weight is 131 g/mol. The van der Waals surface area contributed by atoms with Crippen LogP contribution in [0.5, 0.6) is 0 Å². The zero-order chi connectivity index (χ0) is 6.85. The first-order valence-corrected chi connectivity index (χ1v) is 3.30. The molecule has 0 amide bonds. The van der Waals surface area contributed by atoms with Crippen molar-refractivity contribution < 1.29 is 10.2 Å². The Morgan fingerprint density at radius 3 is 1.78 bits per heavy atom. The van der Waals surface area contributed by atoms with E-state index in [4.69, 9.17) is 15.9 Å². The second-order valence-electron chi connectivity index (χ2n) is 2.77. The van der Waals surface area contributed by atoms with E-state index in [-0.39, 0.29) is 18.2 Å². The molecule has 0 spiro atoms. The van der Waals surface area contributed by atoms with Gasteiger partial charge in [0.05, 0.1) is 12.2 Å². The highest BCUT2D eigenvalue weighted by Gasteiger charge is 2.23. The van der Waals surface area contributed by atoms with Gasteiger partial charge < -0.3 is 15.9 Å². The van der Waals surface area contributed by atoms with E-state index >= 15 is 0 Å². The second kappa shape index (κ2) is 2.64. The summed E-state index contributed by atoms with van der Waals surface area (Å²) in [6, 6.07) is -0.0104. The zero-order valence-corrected chi connectivity index (χ0v) is 5.33. The summed E-state index contributed by atoms with van der Waals surface area (Å²) in [5.41, 5.74) is 5.50. The largest absolute Gasteiger partial charge is 0.393 e. The summed E-state index contributed by atoms with van der Waals surface area (Å²) in [5, 5.41) is 18.0. The lowest BCUT2D eigenvalue weighted by molar-refractivity contribution is 0.0320. The second-order valence-corrected chi connectivity index (χ2v) is 2.77. The van der Waals surface area contributed by atoms with Crippen LogP contribution in [-0.4, -0.2) is 28.5 Å². The molecule has 0 aromatic carbocycles. The number of nitrogens with two attached hydrogens (primary N) is 1. The first kappa shape index (κ1) is 6.99. The normalized spacial score (nSPS) is 45.0. The van der Waals surface area contributed by atoms with E-state index in [0.717, 1.165) is 0 Å². The molecule has 1 saturated carbocycles. The molecule has 9 heavy (non-hydrogen) atoms. The van der Waals surface area contributed by atoms with E-state index in [0.29, 0.717) is 19.3 Å². The standard InChI is InChI=1S/C6H13NO2/c7-4-1-5(8)3-6(9)2-4/h4-6,8-9H,1-3,7H2/t4?,5-,6+. The molecule has 3 nitrogen and oxygen atoms in total. The van der Waals surface area contributed by atoms with Gasteiger partial charge in [0.15, 0.2) is 0 Å². The van der Waals surface area contributed by atoms with Crippen LogP contribution < -0.4 is 5.73 Å². The molecule has 54 valence electrons. The highest BCUT2D eigenvalue weighted by Crippen LogP contribution is 2.16. The minimum absolute atomic E-state index is 0.0104. The fraction of sp³-hybridized carbons (Fsp3) is 1.00. The molecule has 0 aromatic heterocycles. The topological polar surface area (TPSA) is 66.5 Å². The highest BCUT2D eigenvalue weighted by atomic mass is 16.3. The molecule has 0 bridgehead atoms. The van der Waals surface area contributed by atoms with Gasteiger partial charge in [-0.2, -0.15) is 0 Å². The molecule has 0 radical (unpaired) electrons. The van der Waals surface area contributed by atoms with Crippen LogP contribution in [-0.2, 0) is 0 Å². The van der Waals surface area contributed by atoms with Crippen LogP contribution >= 0.6 is 0 Å². The third-order valence-electron chi connectivity index (χ3n) is 1.69. The summed E-state index contributed by atoms with van der Waals surface area (Å²) in [6.45, 7) is 0. The summed E-state index contributed by atoms with van der Waals surface area (Å²) in [4.78, 5) is 0. The quantitative estimate of drug-likeness (QED) is 0.404. The van der Waals surface area contributed by atoms with E-state index in [9.17, 15) is 0 Å². The van der Waals surface area contributed by atoms with E-state index < -0.39 is 0 Å². The van der Waals surface area contributed by atoms with Crippen molar-refractivity contribution in [3.8, 4) is 0 Å². The van der Waals surface area contributed by atoms with Crippen LogP contribution in [0.2, 0.25) is 0 Å². The SMILES string of the molecule is NC1C[C@@H](O)C[C@@H](O)C1. The van der Waals surface area contributed by atoms with Gasteiger partial charge in [-0.05, 0) is 19.3 Å². The van der Waals surface area contributed by atoms with Gasteiger partial charge in [0, 0.05) is 6.04 Å². The lowest BCUT2D eigenvalue weighted by Crippen LogP contribution is -2.37. The van der Waals surface area contributed by atoms with Crippen molar-refractivity contribution in [1.82, 2.24) is 0 Å². The Morgan fingerprint density at radius 1 is 1.00 bits per heavy atom. The minimum Gasteiger partial charge on any atom is -0.393 e. The molecular formula is C6H13NO2. The number of hydrogen-bond acceptors (Lipinski definition) is 3. The van der Waals surface area contributed by atoms with Gasteiger partial charge in [-0.3, -0.25) is 0 Å². The van der Waals surface area contributed by atoms with Gasteiger partial charge in [0.25, 0.3) is 0 Å². The summed E-state index contributed by atoms with van der Waals surface area (Å²) in [5.74, 6) is 0. The molecule has 1 rings (SSSR count). The number of hydrogen-bond donors (Lipinski definition) is 3. The predicted octanol–water partition coefficient (Wildman–Crippen LogP) is -0.781. The molecule has 0 heterocycles. The third-order valence-corrected chi connectivity index (χ3v) is 1.69. The number of rotatable bonds is 0. The molecule has 0 aromatic rings. The van der Waals surface area contributed by atoms with E-state index in [1.165, 1.54) is 0 Å². The Bertz CT molecular complexity index is 72.0. The Hall–Kier alpha value is -0.120. The minimum atomic E-state index is -0.385. The van der Waals surface area contributed by atoms with Gasteiger partial charge in [-0.1, -0.05) is 0 Å². The van der Waals surface area contributed by atoms with Crippen molar-refractivity contribution in [3.63, 3.8) is 0 Å². The Kier molecular flexibility index (Phi) is 2.05. The third kappa shape index (κ3) is 1.93. The monoisotopic (exact) mass is 131 g/mol. The first-order valence-electron chi connectivity index (χ1n) is 3.30. The van der Waals surface area contributed by atoms with Gasteiger partial charge >= 0.3 is 0 Å². The fourth-order valence-electron chi connectivity index (χ4n) is 1.30. The summed E-state index contributed by atoms with van der Waals surface area (Å²) in [7, 11) is 0. The first-order chi connectivity index (χ1) is 4.18. The van der Waals surface area contributed by atoms with E-state index in [1.54, 1.807) is 0 Å². The number of aliphatic hydroxyl groups is 2. The fourth-order valence-corrected chi connectivity index (χ4v) is 1.30. The number of aliphatic hydroxyl groups excluding tert-OH is 2. The summed E-state index contributed by atoms with van der Waals surface area (Å²) >= 11 is 0. The maximum absolute atomic E-state index is 9.01. The Balaban J connectivity index is 2.34. The zero-order valence-electron chi connectivity index (χ0n) is 5.33. The smallest absolute Gasteiger partial charge is 0.0579 e. The van der Waals surface area contributed by atoms with Crippen LogP contribution in [0.3, 0.4) is 0 Å². The van der Waals surface area contributed by atoms with Gasteiger partial charge in [-0.25, -0.2) is 0 Å². The van der Waals surface area contributed by atoms with Crippen LogP contribution in [0.1, 0.15) is 19.3 Å². The maximum atomic E-state index is 9.01. The lowest BCUT2D eigenvalue weighted by atomic mass is 9.91. The Morgan fingerprint density at radius 2 is 1.44 bits per heavy atom. The van der Waals surface area contributed by atoms with Crippen molar-refractivity contribution in [1.29, 1.82) is 0 Å². The molecule has 3 atom stereocenters. The van der Waals surface area contributed by atoms with Gasteiger partial charge in [0.2, 0.25) is 0 Å². The van der Waals surface area contributed by atoms with Crippen LogP contribution in [0.15, 0.2) is 0 Å². The Labute approximate surface area is 54.5 Å². The van der Waals surface area contributed by atoms with Crippen molar-refractivity contribution in [2.24, 2.45) is 5.73 Å².